The fraction of sp³-hybridized carbons (Fsp3) is 0.348. The Bertz CT molecular complexity index is 699. The molecule has 0 aliphatic carbocycles. The molecule has 1 nitrogen and oxygen atoms in total. The number of aliphatic imine (C=N–C) groups is 1. The van der Waals surface area contributed by atoms with E-state index in [1.807, 2.05) is 39.8 Å². The Labute approximate surface area is 182 Å². The summed E-state index contributed by atoms with van der Waals surface area (Å²) in [7, 11) is 0. The largest absolute Gasteiger partial charge is 0.332 e. The Hall–Kier alpha value is -2.39. The molecule has 0 saturated carbocycles. The van der Waals surface area contributed by atoms with Crippen LogP contribution in [0.3, 0.4) is 0 Å². The second kappa shape index (κ2) is 18.6. The molecule has 0 heterocycles. The second-order valence-corrected chi connectivity index (χ2v) is 5.72. The van der Waals surface area contributed by atoms with Gasteiger partial charge in [-0.15, -0.1) is 12.8 Å². The summed E-state index contributed by atoms with van der Waals surface area (Å²) in [5, 5.41) is 0.765. The Morgan fingerprint density at radius 3 is 2.17 bits per heavy atom. The lowest BCUT2D eigenvalue weighted by Crippen LogP contribution is -2.23. The zero-order valence-electron chi connectivity index (χ0n) is 17.9. The van der Waals surface area contributed by atoms with Gasteiger partial charge in [0.15, 0.2) is 0 Å². The van der Waals surface area contributed by atoms with Crippen LogP contribution in [0, 0.1) is 25.6 Å². The number of hydrogen-bond donors (Lipinski definition) is 0. The van der Waals surface area contributed by atoms with Crippen LogP contribution in [0.15, 0.2) is 59.2 Å². The molecule has 0 N–H and O–H groups in total. The molecule has 0 spiro atoms. The lowest BCUT2D eigenvalue weighted by molar-refractivity contribution is -0.135. The highest BCUT2D eigenvalue weighted by Gasteiger charge is 2.42. The van der Waals surface area contributed by atoms with E-state index in [-0.39, 0.29) is 5.56 Å². The van der Waals surface area contributed by atoms with Crippen LogP contribution < -0.4 is 0 Å². The highest BCUT2D eigenvalue weighted by atomic mass is 35.5. The third kappa shape index (κ3) is 14.6. The molecule has 0 aliphatic rings. The summed E-state index contributed by atoms with van der Waals surface area (Å²) >= 11 is 5.75. The number of benzene rings is 1. The van der Waals surface area contributed by atoms with Gasteiger partial charge in [0.25, 0.3) is 0 Å². The number of halogens is 6. The summed E-state index contributed by atoms with van der Waals surface area (Å²) in [6.07, 6.45) is 12.1. The molecule has 1 aromatic carbocycles. The van der Waals surface area contributed by atoms with Crippen molar-refractivity contribution < 1.29 is 22.0 Å². The van der Waals surface area contributed by atoms with Gasteiger partial charge in [0, 0.05) is 22.5 Å². The molecule has 0 amide bonds. The number of alkyl halides is 4. The number of nitrogens with zero attached hydrogens (tertiary/aromatic N) is 1. The van der Waals surface area contributed by atoms with Crippen molar-refractivity contribution in [2.24, 2.45) is 4.99 Å². The molecule has 0 aliphatic heterocycles. The summed E-state index contributed by atoms with van der Waals surface area (Å²) < 4.78 is 61.9. The molecule has 1 rings (SSSR count). The molecular weight excluding hydrogens is 421 g/mol. The van der Waals surface area contributed by atoms with Crippen molar-refractivity contribution in [2.75, 3.05) is 0 Å². The van der Waals surface area contributed by atoms with Gasteiger partial charge in [-0.25, -0.2) is 13.2 Å². The number of rotatable bonds is 6. The Balaban J connectivity index is -0.000000421. The number of terminal acetylenes is 1. The van der Waals surface area contributed by atoms with Gasteiger partial charge in [0.2, 0.25) is 0 Å². The Morgan fingerprint density at radius 1 is 1.23 bits per heavy atom. The highest BCUT2D eigenvalue weighted by molar-refractivity contribution is 6.29. The van der Waals surface area contributed by atoms with E-state index < -0.39 is 23.7 Å². The van der Waals surface area contributed by atoms with Crippen molar-refractivity contribution in [2.45, 2.75) is 53.4 Å². The highest BCUT2D eigenvalue weighted by Crippen LogP contribution is 2.35. The summed E-state index contributed by atoms with van der Waals surface area (Å²) in [5.74, 6) is -5.24. The maximum Gasteiger partial charge on any atom is 0.332 e. The maximum atomic E-state index is 12.7. The van der Waals surface area contributed by atoms with Crippen LogP contribution in [0.5, 0.6) is 0 Å². The van der Waals surface area contributed by atoms with E-state index >= 15 is 0 Å². The van der Waals surface area contributed by atoms with Crippen LogP contribution >= 0.6 is 11.6 Å². The third-order valence-electron chi connectivity index (χ3n) is 2.92. The van der Waals surface area contributed by atoms with Crippen LogP contribution in [0.1, 0.15) is 45.2 Å². The predicted octanol–water partition coefficient (Wildman–Crippen LogP) is 8.45. The quantitative estimate of drug-likeness (QED) is 0.179. The van der Waals surface area contributed by atoms with Gasteiger partial charge in [-0.3, -0.25) is 4.99 Å². The Morgan fingerprint density at radius 2 is 1.77 bits per heavy atom. The molecule has 30 heavy (non-hydrogen) atoms. The number of hydrogen-bond acceptors (Lipinski definition) is 1. The smallest absolute Gasteiger partial charge is 0.260 e. The topological polar surface area (TPSA) is 12.4 Å². The van der Waals surface area contributed by atoms with Crippen LogP contribution in [-0.4, -0.2) is 12.1 Å². The summed E-state index contributed by atoms with van der Waals surface area (Å²) in [4.78, 5) is 4.12. The van der Waals surface area contributed by atoms with E-state index in [0.717, 1.165) is 29.3 Å². The van der Waals surface area contributed by atoms with Crippen molar-refractivity contribution in [3.05, 3.63) is 71.2 Å². The molecule has 1 aromatic rings. The first-order chi connectivity index (χ1) is 14.0. The van der Waals surface area contributed by atoms with Crippen molar-refractivity contribution in [3.8, 4) is 12.8 Å². The van der Waals surface area contributed by atoms with E-state index in [1.54, 1.807) is 12.3 Å². The molecule has 0 unspecified atom stereocenters. The van der Waals surface area contributed by atoms with Gasteiger partial charge in [0.1, 0.15) is 5.82 Å². The number of allylic oxidation sites excluding steroid dienone is 4. The lowest BCUT2D eigenvalue weighted by Gasteiger charge is -2.15. The molecule has 0 aromatic heterocycles. The molecule has 7 heteroatoms. The minimum atomic E-state index is -4.30. The van der Waals surface area contributed by atoms with E-state index in [0.29, 0.717) is 6.07 Å². The molecular formula is C23H29ClF5N. The van der Waals surface area contributed by atoms with E-state index in [2.05, 4.69) is 24.4 Å². The fourth-order valence-corrected chi connectivity index (χ4v) is 1.62. The molecule has 0 radical (unpaired) electrons. The van der Waals surface area contributed by atoms with E-state index in [9.17, 15) is 22.0 Å². The predicted molar refractivity (Wildman–Crippen MR) is 119 cm³/mol. The zero-order chi connectivity index (χ0) is 24.3. The van der Waals surface area contributed by atoms with Crippen LogP contribution in [-0.2, 0) is 5.92 Å². The van der Waals surface area contributed by atoms with Crippen LogP contribution in [0.2, 0.25) is 0 Å². The molecule has 0 saturated heterocycles. The minimum Gasteiger partial charge on any atom is -0.260 e. The first-order valence-electron chi connectivity index (χ1n) is 8.99. The van der Waals surface area contributed by atoms with Crippen LogP contribution in [0.4, 0.5) is 22.0 Å². The maximum absolute atomic E-state index is 12.7. The average Bonchev–Trinajstić information content (AvgIpc) is 2.73. The average molecular weight is 450 g/mol. The summed E-state index contributed by atoms with van der Waals surface area (Å²) in [6, 6.07) is 2.25. The van der Waals surface area contributed by atoms with Gasteiger partial charge >= 0.3 is 12.3 Å². The normalized spacial score (nSPS) is 11.5. The molecule has 0 fully saturated rings. The second-order valence-electron chi connectivity index (χ2n) is 5.24. The number of aryl methyl sites for hydroxylation is 1. The SMILES string of the molecule is C#C.C=C/C=C/C(C)=N\C=C(\Cl)CC.CC.Cc1cc(F)cc(C(F)(F)C(F)F)c1. The van der Waals surface area contributed by atoms with Gasteiger partial charge in [-0.1, -0.05) is 51.1 Å². The first kappa shape index (κ1) is 32.3. The van der Waals surface area contributed by atoms with Crippen molar-refractivity contribution in [3.63, 3.8) is 0 Å². The third-order valence-corrected chi connectivity index (χ3v) is 3.29. The summed E-state index contributed by atoms with van der Waals surface area (Å²) in [5.41, 5.74) is 0.104. The van der Waals surface area contributed by atoms with Crippen molar-refractivity contribution >= 4 is 17.3 Å². The molecule has 168 valence electrons. The van der Waals surface area contributed by atoms with Gasteiger partial charge in [-0.2, -0.15) is 8.78 Å². The van der Waals surface area contributed by atoms with Gasteiger partial charge in [0.05, 0.1) is 0 Å². The van der Waals surface area contributed by atoms with Crippen molar-refractivity contribution in [1.82, 2.24) is 0 Å². The van der Waals surface area contributed by atoms with E-state index in [1.165, 1.54) is 6.92 Å². The molecule has 0 atom stereocenters. The van der Waals surface area contributed by atoms with Gasteiger partial charge < -0.3 is 0 Å². The molecule has 0 bridgehead atoms. The van der Waals surface area contributed by atoms with Crippen LogP contribution in [0.25, 0.3) is 0 Å². The Kier molecular flexibility index (Phi) is 20.0. The first-order valence-corrected chi connectivity index (χ1v) is 9.37. The minimum absolute atomic E-state index is 0.181. The lowest BCUT2D eigenvalue weighted by atomic mass is 10.1. The zero-order valence-corrected chi connectivity index (χ0v) is 18.7. The van der Waals surface area contributed by atoms with Crippen molar-refractivity contribution in [1.29, 1.82) is 0 Å². The van der Waals surface area contributed by atoms with Gasteiger partial charge in [-0.05, 0) is 50.1 Å². The summed E-state index contributed by atoms with van der Waals surface area (Å²) in [6.45, 7) is 12.8. The van der Waals surface area contributed by atoms with E-state index in [4.69, 9.17) is 11.6 Å². The monoisotopic (exact) mass is 449 g/mol. The fourth-order valence-electron chi connectivity index (χ4n) is 1.57. The standard InChI is InChI=1S/C10H14ClN.C9H7F5.C2H6.C2H2/c1-4-6-7-9(3)12-8-10(11)5-2;1-5-2-6(4-7(10)3-5)9(13,14)8(11)12;2*1-2/h4,6-8H,1,5H2,2-3H3;2-4,8H,1H3;1-2H3;1-2H/b7-6+,10-8+,12-9-;;;.